The molecule has 0 atom stereocenters. The van der Waals surface area contributed by atoms with Gasteiger partial charge in [0, 0.05) is 25.5 Å². The van der Waals surface area contributed by atoms with Crippen LogP contribution in [0.25, 0.3) is 0 Å². The van der Waals surface area contributed by atoms with Gasteiger partial charge in [0.15, 0.2) is 0 Å². The summed E-state index contributed by atoms with van der Waals surface area (Å²) in [6, 6.07) is 0. The van der Waals surface area contributed by atoms with Gasteiger partial charge >= 0.3 is 0 Å². The van der Waals surface area contributed by atoms with Gasteiger partial charge in [-0.3, -0.25) is 4.79 Å². The molecule has 2 heterocycles. The molecule has 0 unspecified atom stereocenters. The Morgan fingerprint density at radius 2 is 2.39 bits per heavy atom. The van der Waals surface area contributed by atoms with Crippen LogP contribution in [0.5, 0.6) is 0 Å². The van der Waals surface area contributed by atoms with Crippen LogP contribution in [-0.2, 0) is 16.0 Å². The zero-order valence-electron chi connectivity index (χ0n) is 10.6. The Morgan fingerprint density at radius 3 is 3.00 bits per heavy atom. The summed E-state index contributed by atoms with van der Waals surface area (Å²) in [5.41, 5.74) is 2.19. The predicted molar refractivity (Wildman–Crippen MR) is 70.7 cm³/mol. The van der Waals surface area contributed by atoms with Gasteiger partial charge in [0.2, 0.25) is 0 Å². The van der Waals surface area contributed by atoms with Crippen LogP contribution in [0, 0.1) is 0 Å². The van der Waals surface area contributed by atoms with Gasteiger partial charge in [-0.25, -0.2) is 4.98 Å². The molecule has 100 valence electrons. The Hall–Kier alpha value is -0.980. The van der Waals surface area contributed by atoms with Crippen molar-refractivity contribution in [2.75, 3.05) is 26.7 Å². The van der Waals surface area contributed by atoms with Gasteiger partial charge in [0.05, 0.1) is 11.2 Å². The van der Waals surface area contributed by atoms with Gasteiger partial charge in [-0.1, -0.05) is 0 Å². The highest BCUT2D eigenvalue weighted by molar-refractivity contribution is 7.07. The molecule has 5 nitrogen and oxygen atoms in total. The molecule has 6 heteroatoms. The molecule has 1 saturated heterocycles. The normalized spacial score (nSPS) is 18.5. The fraction of sp³-hybridized carbons (Fsp3) is 0.667. The highest BCUT2D eigenvalue weighted by Crippen LogP contribution is 2.22. The van der Waals surface area contributed by atoms with Crippen molar-refractivity contribution in [3.63, 3.8) is 0 Å². The number of hydrogen-bond donors (Lipinski definition) is 2. The lowest BCUT2D eigenvalue weighted by Gasteiger charge is -2.34. The van der Waals surface area contributed by atoms with Crippen LogP contribution in [0.3, 0.4) is 0 Å². The topological polar surface area (TPSA) is 63.2 Å². The minimum Gasteiger partial charge on any atom is -0.368 e. The van der Waals surface area contributed by atoms with E-state index in [1.54, 1.807) is 24.0 Å². The average molecular weight is 269 g/mol. The molecule has 1 aliphatic rings. The molecule has 1 aliphatic heterocycles. The highest BCUT2D eigenvalue weighted by atomic mass is 32.1. The largest absolute Gasteiger partial charge is 0.368 e. The van der Waals surface area contributed by atoms with Crippen LogP contribution in [0.1, 0.15) is 18.5 Å². The number of thiazole rings is 1. The average Bonchev–Trinajstić information content (AvgIpc) is 2.92. The van der Waals surface area contributed by atoms with Crippen molar-refractivity contribution in [1.29, 1.82) is 0 Å². The molecule has 2 N–H and O–H groups in total. The van der Waals surface area contributed by atoms with E-state index in [4.69, 9.17) is 4.74 Å². The van der Waals surface area contributed by atoms with E-state index in [0.29, 0.717) is 6.54 Å². The molecule has 1 aromatic heterocycles. The molecule has 1 fully saturated rings. The summed E-state index contributed by atoms with van der Waals surface area (Å²) in [5, 5.41) is 8.20. The molecule has 0 aromatic carbocycles. The minimum atomic E-state index is -0.646. The van der Waals surface area contributed by atoms with Gasteiger partial charge < -0.3 is 15.4 Å². The summed E-state index contributed by atoms with van der Waals surface area (Å²) in [6.07, 6.45) is 2.23. The lowest BCUT2D eigenvalue weighted by molar-refractivity contribution is -0.146. The number of aromatic nitrogens is 1. The second-order valence-corrected chi connectivity index (χ2v) is 5.15. The Labute approximate surface area is 111 Å². The first-order valence-electron chi connectivity index (χ1n) is 6.18. The van der Waals surface area contributed by atoms with Gasteiger partial charge in [-0.15, -0.1) is 11.3 Å². The zero-order valence-corrected chi connectivity index (χ0v) is 11.4. The smallest absolute Gasteiger partial charge is 0.252 e. The summed E-state index contributed by atoms with van der Waals surface area (Å²) in [7, 11) is 1.62. The lowest BCUT2D eigenvalue weighted by Crippen LogP contribution is -2.54. The molecule has 0 aliphatic carbocycles. The molecule has 2 rings (SSSR count). The van der Waals surface area contributed by atoms with Crippen molar-refractivity contribution in [3.05, 3.63) is 16.6 Å². The molecular formula is C12H19N3O2S. The van der Waals surface area contributed by atoms with E-state index in [1.807, 2.05) is 5.38 Å². The third-order valence-electron chi connectivity index (χ3n) is 3.37. The van der Waals surface area contributed by atoms with Gasteiger partial charge in [0.1, 0.15) is 5.60 Å². The maximum atomic E-state index is 12.2. The van der Waals surface area contributed by atoms with Crippen molar-refractivity contribution in [1.82, 2.24) is 15.6 Å². The molecule has 0 saturated carbocycles. The number of nitrogens with one attached hydrogen (secondary N) is 2. The monoisotopic (exact) mass is 269 g/mol. The van der Waals surface area contributed by atoms with Crippen LogP contribution in [0.15, 0.2) is 10.9 Å². The Kier molecular flexibility index (Phi) is 4.68. The van der Waals surface area contributed by atoms with E-state index >= 15 is 0 Å². The third-order valence-corrected chi connectivity index (χ3v) is 4.00. The van der Waals surface area contributed by atoms with Gasteiger partial charge in [-0.05, 0) is 25.9 Å². The maximum Gasteiger partial charge on any atom is 0.252 e. The van der Waals surface area contributed by atoms with Crippen LogP contribution >= 0.6 is 11.3 Å². The zero-order chi connectivity index (χ0) is 12.8. The fourth-order valence-electron chi connectivity index (χ4n) is 2.18. The summed E-state index contributed by atoms with van der Waals surface area (Å²) in [6.45, 7) is 2.27. The van der Waals surface area contributed by atoms with Crippen molar-refractivity contribution in [3.8, 4) is 0 Å². The van der Waals surface area contributed by atoms with Crippen LogP contribution < -0.4 is 10.6 Å². The first kappa shape index (κ1) is 13.5. The maximum absolute atomic E-state index is 12.2. The Balaban J connectivity index is 1.82. The molecular weight excluding hydrogens is 250 g/mol. The van der Waals surface area contributed by atoms with Crippen LogP contribution in [0.2, 0.25) is 0 Å². The van der Waals surface area contributed by atoms with E-state index in [9.17, 15) is 4.79 Å². The first-order valence-corrected chi connectivity index (χ1v) is 7.12. The quantitative estimate of drug-likeness (QED) is 0.820. The molecule has 0 radical (unpaired) electrons. The Morgan fingerprint density at radius 1 is 1.61 bits per heavy atom. The van der Waals surface area contributed by atoms with Gasteiger partial charge in [-0.2, -0.15) is 0 Å². The molecule has 18 heavy (non-hydrogen) atoms. The fourth-order valence-corrected chi connectivity index (χ4v) is 2.77. The number of hydrogen-bond acceptors (Lipinski definition) is 5. The number of methoxy groups -OCH3 is 1. The minimum absolute atomic E-state index is 0.00160. The number of rotatable bonds is 5. The number of carbonyl (C=O) groups excluding carboxylic acids is 1. The van der Waals surface area contributed by atoms with E-state index in [2.05, 4.69) is 15.6 Å². The van der Waals surface area contributed by atoms with Crippen LogP contribution in [0.4, 0.5) is 0 Å². The second kappa shape index (κ2) is 6.26. The van der Waals surface area contributed by atoms with Crippen LogP contribution in [-0.4, -0.2) is 43.2 Å². The number of piperidine rings is 1. The number of amides is 1. The highest BCUT2D eigenvalue weighted by Gasteiger charge is 2.39. The summed E-state index contributed by atoms with van der Waals surface area (Å²) in [5.74, 6) is 0.00160. The van der Waals surface area contributed by atoms with Crippen molar-refractivity contribution in [2.24, 2.45) is 0 Å². The molecule has 1 aromatic rings. The second-order valence-electron chi connectivity index (χ2n) is 4.43. The van der Waals surface area contributed by atoms with Gasteiger partial charge in [0.25, 0.3) is 5.91 Å². The molecule has 0 bridgehead atoms. The lowest BCUT2D eigenvalue weighted by atomic mass is 9.91. The predicted octanol–water partition coefficient (Wildman–Crippen LogP) is 0.570. The van der Waals surface area contributed by atoms with Crippen molar-refractivity contribution < 1.29 is 9.53 Å². The molecule has 0 spiro atoms. The SMILES string of the molecule is COC1(C(=O)NCCc2cscn2)CCNCC1. The van der Waals surface area contributed by atoms with Crippen molar-refractivity contribution >= 4 is 17.2 Å². The number of ether oxygens (including phenoxy) is 1. The summed E-state index contributed by atoms with van der Waals surface area (Å²) < 4.78 is 5.46. The standard InChI is InChI=1S/C12H19N3O2S/c1-17-12(3-6-13-7-4-12)11(16)14-5-2-10-8-18-9-15-10/h8-9,13H,2-7H2,1H3,(H,14,16). The van der Waals surface area contributed by atoms with Crippen molar-refractivity contribution in [2.45, 2.75) is 24.9 Å². The Bertz CT molecular complexity index is 375. The van der Waals surface area contributed by atoms with E-state index in [-0.39, 0.29) is 5.91 Å². The summed E-state index contributed by atoms with van der Waals surface area (Å²) >= 11 is 1.57. The van der Waals surface area contributed by atoms with E-state index < -0.39 is 5.60 Å². The summed E-state index contributed by atoms with van der Waals surface area (Å²) in [4.78, 5) is 16.4. The molecule has 1 amide bonds. The third kappa shape index (κ3) is 3.07. The van der Waals surface area contributed by atoms with E-state index in [1.165, 1.54) is 0 Å². The van der Waals surface area contributed by atoms with E-state index in [0.717, 1.165) is 38.0 Å². The first-order chi connectivity index (χ1) is 8.77. The number of nitrogens with zero attached hydrogens (tertiary/aromatic N) is 1. The number of carbonyl (C=O) groups is 1.